The van der Waals surface area contributed by atoms with Crippen LogP contribution in [0.5, 0.6) is 0 Å². The Morgan fingerprint density at radius 2 is 2.12 bits per heavy atom. The van der Waals surface area contributed by atoms with Crippen molar-refractivity contribution in [1.82, 2.24) is 14.8 Å². The molecule has 2 saturated carbocycles. The largest absolute Gasteiger partial charge is 0.311 e. The van der Waals surface area contributed by atoms with Crippen molar-refractivity contribution in [2.24, 2.45) is 17.8 Å². The smallest absolute Gasteiger partial charge is 0.225 e. The lowest BCUT2D eigenvalue weighted by molar-refractivity contribution is -0.117. The Hall–Kier alpha value is -2.17. The van der Waals surface area contributed by atoms with Crippen LogP contribution in [0.15, 0.2) is 30.5 Å². The van der Waals surface area contributed by atoms with Crippen LogP contribution in [0.3, 0.4) is 0 Å². The van der Waals surface area contributed by atoms with Crippen molar-refractivity contribution in [1.29, 1.82) is 0 Å². The summed E-state index contributed by atoms with van der Waals surface area (Å²) < 4.78 is 1.75. The van der Waals surface area contributed by atoms with Crippen LogP contribution in [0.2, 0.25) is 0 Å². The fourth-order valence-electron chi connectivity index (χ4n) is 4.55. The number of hydrogen-bond donors (Lipinski definition) is 1. The fraction of sp³-hybridized carbons (Fsp3) is 0.571. The summed E-state index contributed by atoms with van der Waals surface area (Å²) in [5, 5.41) is 7.82. The topological polar surface area (TPSA) is 59.8 Å². The molecule has 0 spiro atoms. The molecule has 2 aromatic rings. The third kappa shape index (κ3) is 3.39. The molecular weight excluding hydrogens is 324 g/mol. The van der Waals surface area contributed by atoms with Gasteiger partial charge in [0.25, 0.3) is 0 Å². The highest BCUT2D eigenvalue weighted by molar-refractivity contribution is 5.90. The van der Waals surface area contributed by atoms with Gasteiger partial charge < -0.3 is 5.32 Å². The molecule has 4 rings (SSSR count). The minimum atomic E-state index is -0.0931. The number of fused-ring (bicyclic) bond motifs is 2. The molecule has 2 aromatic heterocycles. The lowest BCUT2D eigenvalue weighted by Crippen LogP contribution is -2.21. The second kappa shape index (κ2) is 6.53. The fourth-order valence-corrected chi connectivity index (χ4v) is 4.55. The van der Waals surface area contributed by atoms with Gasteiger partial charge in [-0.2, -0.15) is 9.78 Å². The van der Waals surface area contributed by atoms with E-state index >= 15 is 0 Å². The van der Waals surface area contributed by atoms with Crippen LogP contribution in [-0.2, 0) is 10.2 Å². The summed E-state index contributed by atoms with van der Waals surface area (Å²) in [5.41, 5.74) is 0.850. The Morgan fingerprint density at radius 1 is 1.27 bits per heavy atom. The number of anilines is 1. The maximum atomic E-state index is 12.7. The van der Waals surface area contributed by atoms with Crippen molar-refractivity contribution in [2.45, 2.75) is 58.3 Å². The monoisotopic (exact) mass is 352 g/mol. The van der Waals surface area contributed by atoms with E-state index in [4.69, 9.17) is 5.10 Å². The van der Waals surface area contributed by atoms with E-state index in [0.717, 1.165) is 23.3 Å². The molecule has 0 aromatic carbocycles. The van der Waals surface area contributed by atoms with Gasteiger partial charge in [0, 0.05) is 24.1 Å². The molecule has 1 N–H and O–H groups in total. The Balaban J connectivity index is 1.55. The molecule has 5 nitrogen and oxygen atoms in total. The third-order valence-electron chi connectivity index (χ3n) is 5.94. The van der Waals surface area contributed by atoms with Gasteiger partial charge in [-0.3, -0.25) is 4.79 Å². The van der Waals surface area contributed by atoms with Gasteiger partial charge in [0.15, 0.2) is 5.82 Å². The number of carbonyl (C=O) groups excluding carboxylic acids is 1. The first kappa shape index (κ1) is 17.3. The molecule has 5 heteroatoms. The number of nitrogens with one attached hydrogen (secondary N) is 1. The van der Waals surface area contributed by atoms with Gasteiger partial charge in [0.2, 0.25) is 5.91 Å². The van der Waals surface area contributed by atoms with Crippen molar-refractivity contribution in [2.75, 3.05) is 5.32 Å². The van der Waals surface area contributed by atoms with Gasteiger partial charge in [-0.05, 0) is 49.1 Å². The highest BCUT2D eigenvalue weighted by Crippen LogP contribution is 2.49. The van der Waals surface area contributed by atoms with E-state index < -0.39 is 0 Å². The van der Waals surface area contributed by atoms with Gasteiger partial charge in [0.1, 0.15) is 5.82 Å². The van der Waals surface area contributed by atoms with Crippen LogP contribution in [0.1, 0.15) is 58.6 Å². The number of rotatable bonds is 4. The van der Waals surface area contributed by atoms with Crippen molar-refractivity contribution in [3.63, 3.8) is 0 Å². The highest BCUT2D eigenvalue weighted by atomic mass is 16.1. The van der Waals surface area contributed by atoms with Crippen molar-refractivity contribution in [3.8, 4) is 5.82 Å². The zero-order valence-electron chi connectivity index (χ0n) is 15.9. The third-order valence-corrected chi connectivity index (χ3v) is 5.94. The molecule has 26 heavy (non-hydrogen) atoms. The standard InChI is InChI=1S/C21H28N4O/c1-21(2,3)17-13-19(25(24-17)18-6-4-5-9-22-18)23-20(26)12-16-11-14-7-8-15(16)10-14/h4-6,9,13-16H,7-8,10-12H2,1-3H3,(H,23,26). The van der Waals surface area contributed by atoms with E-state index in [0.29, 0.717) is 18.2 Å². The quantitative estimate of drug-likeness (QED) is 0.891. The summed E-state index contributed by atoms with van der Waals surface area (Å²) in [5.74, 6) is 3.71. The van der Waals surface area contributed by atoms with Gasteiger partial charge in [-0.25, -0.2) is 4.98 Å². The molecular formula is C21H28N4O. The first-order valence-corrected chi connectivity index (χ1v) is 9.72. The Labute approximate surface area is 155 Å². The predicted octanol–water partition coefficient (Wildman–Crippen LogP) is 4.33. The van der Waals surface area contributed by atoms with E-state index in [2.05, 4.69) is 31.1 Å². The van der Waals surface area contributed by atoms with Crippen molar-refractivity contribution >= 4 is 11.7 Å². The summed E-state index contributed by atoms with van der Waals surface area (Å²) in [4.78, 5) is 17.1. The first-order chi connectivity index (χ1) is 12.4. The van der Waals surface area contributed by atoms with Crippen LogP contribution in [0.25, 0.3) is 5.82 Å². The normalized spacial score (nSPS) is 24.8. The minimum Gasteiger partial charge on any atom is -0.311 e. The second-order valence-electron chi connectivity index (χ2n) is 8.95. The van der Waals surface area contributed by atoms with Crippen molar-refractivity contribution < 1.29 is 4.79 Å². The first-order valence-electron chi connectivity index (χ1n) is 9.72. The molecule has 2 bridgehead atoms. The van der Waals surface area contributed by atoms with Crippen LogP contribution in [0.4, 0.5) is 5.82 Å². The predicted molar refractivity (Wildman–Crippen MR) is 102 cm³/mol. The number of amides is 1. The molecule has 2 aliphatic carbocycles. The maximum absolute atomic E-state index is 12.7. The van der Waals surface area contributed by atoms with E-state index in [9.17, 15) is 4.79 Å². The van der Waals surface area contributed by atoms with E-state index in [1.807, 2.05) is 24.3 Å². The van der Waals surface area contributed by atoms with E-state index in [1.54, 1.807) is 10.9 Å². The molecule has 2 heterocycles. The van der Waals surface area contributed by atoms with Crippen LogP contribution in [-0.4, -0.2) is 20.7 Å². The van der Waals surface area contributed by atoms with Crippen LogP contribution >= 0.6 is 0 Å². The average Bonchev–Trinajstić information content (AvgIpc) is 3.30. The molecule has 3 atom stereocenters. The SMILES string of the molecule is CC(C)(C)c1cc(NC(=O)CC2CC3CCC2C3)n(-c2ccccn2)n1. The number of pyridine rings is 1. The van der Waals surface area contributed by atoms with E-state index in [1.165, 1.54) is 25.7 Å². The lowest BCUT2D eigenvalue weighted by atomic mass is 9.86. The van der Waals surface area contributed by atoms with Crippen LogP contribution < -0.4 is 5.32 Å². The molecule has 2 aliphatic rings. The summed E-state index contributed by atoms with van der Waals surface area (Å²) in [7, 11) is 0. The van der Waals surface area contributed by atoms with Crippen molar-refractivity contribution in [3.05, 3.63) is 36.2 Å². The Bertz CT molecular complexity index is 790. The molecule has 0 saturated heterocycles. The summed E-state index contributed by atoms with van der Waals surface area (Å²) in [6.45, 7) is 6.37. The highest BCUT2D eigenvalue weighted by Gasteiger charge is 2.40. The number of carbonyl (C=O) groups is 1. The number of nitrogens with zero attached hydrogens (tertiary/aromatic N) is 3. The zero-order chi connectivity index (χ0) is 18.3. The van der Waals surface area contributed by atoms with Crippen LogP contribution in [0, 0.1) is 17.8 Å². The second-order valence-corrected chi connectivity index (χ2v) is 8.95. The summed E-state index contributed by atoms with van der Waals surface area (Å²) in [6.07, 6.45) is 7.60. The number of aromatic nitrogens is 3. The lowest BCUT2D eigenvalue weighted by Gasteiger charge is -2.20. The molecule has 0 radical (unpaired) electrons. The molecule has 1 amide bonds. The molecule has 138 valence electrons. The van der Waals surface area contributed by atoms with Gasteiger partial charge in [-0.15, -0.1) is 0 Å². The Morgan fingerprint density at radius 3 is 2.73 bits per heavy atom. The zero-order valence-corrected chi connectivity index (χ0v) is 15.9. The summed E-state index contributed by atoms with van der Waals surface area (Å²) in [6, 6.07) is 7.70. The summed E-state index contributed by atoms with van der Waals surface area (Å²) >= 11 is 0. The molecule has 3 unspecified atom stereocenters. The van der Waals surface area contributed by atoms with Gasteiger partial charge in [-0.1, -0.05) is 33.3 Å². The maximum Gasteiger partial charge on any atom is 0.225 e. The van der Waals surface area contributed by atoms with Gasteiger partial charge in [0.05, 0.1) is 5.69 Å². The molecule has 0 aliphatic heterocycles. The Kier molecular flexibility index (Phi) is 4.33. The molecule has 2 fully saturated rings. The van der Waals surface area contributed by atoms with Gasteiger partial charge >= 0.3 is 0 Å². The number of hydrogen-bond acceptors (Lipinski definition) is 3. The minimum absolute atomic E-state index is 0.0931. The average molecular weight is 352 g/mol. The van der Waals surface area contributed by atoms with E-state index in [-0.39, 0.29) is 11.3 Å².